The first-order valence-electron chi connectivity index (χ1n) is 4.23. The monoisotopic (exact) mass is 288 g/mol. The second-order valence-electron chi connectivity index (χ2n) is 3.03. The van der Waals surface area contributed by atoms with Gasteiger partial charge in [0.25, 0.3) is 0 Å². The molecule has 0 fully saturated rings. The first-order valence-corrected chi connectivity index (χ1v) is 7.01. The minimum Gasteiger partial charge on any atom is -0.379 e. The van der Waals surface area contributed by atoms with Crippen LogP contribution >= 0.6 is 15.9 Å². The number of nitrogens with zero attached hydrogens (tertiary/aromatic N) is 1. The Kier molecular flexibility index (Phi) is 7.75. The van der Waals surface area contributed by atoms with Crippen molar-refractivity contribution in [3.63, 3.8) is 0 Å². The summed E-state index contributed by atoms with van der Waals surface area (Å²) in [5.41, 5.74) is 0. The summed E-state index contributed by atoms with van der Waals surface area (Å²) in [5.74, 6) is 0. The number of halogens is 1. The Balaban J connectivity index is 3.31. The number of sulfonamides is 1. The highest BCUT2D eigenvalue weighted by atomic mass is 79.9. The highest BCUT2D eigenvalue weighted by Gasteiger charge is 2.05. The van der Waals surface area contributed by atoms with E-state index in [4.69, 9.17) is 4.74 Å². The van der Waals surface area contributed by atoms with E-state index in [1.807, 2.05) is 19.0 Å². The summed E-state index contributed by atoms with van der Waals surface area (Å²) in [7, 11) is 0.764. The van der Waals surface area contributed by atoms with Crippen molar-refractivity contribution in [1.29, 1.82) is 0 Å². The second-order valence-corrected chi connectivity index (χ2v) is 6.14. The van der Waals surface area contributed by atoms with Crippen LogP contribution in [0.2, 0.25) is 0 Å². The first kappa shape index (κ1) is 14.3. The van der Waals surface area contributed by atoms with Crippen molar-refractivity contribution < 1.29 is 13.2 Å². The molecule has 0 unspecified atom stereocenters. The zero-order chi connectivity index (χ0) is 11.0. The van der Waals surface area contributed by atoms with Gasteiger partial charge in [0.1, 0.15) is 4.66 Å². The highest BCUT2D eigenvalue weighted by molar-refractivity contribution is 9.10. The Morgan fingerprint density at radius 2 is 2.00 bits per heavy atom. The lowest BCUT2D eigenvalue weighted by atomic mass is 10.6. The zero-order valence-corrected chi connectivity index (χ0v) is 10.9. The molecule has 0 saturated heterocycles. The molecule has 5 nitrogen and oxygen atoms in total. The molecule has 0 aromatic heterocycles. The molecule has 0 saturated carbocycles. The van der Waals surface area contributed by atoms with Crippen molar-refractivity contribution in [1.82, 2.24) is 9.62 Å². The van der Waals surface area contributed by atoms with Gasteiger partial charge in [0.05, 0.1) is 13.2 Å². The van der Waals surface area contributed by atoms with E-state index in [2.05, 4.69) is 20.7 Å². The molecule has 0 aliphatic heterocycles. The fraction of sp³-hybridized carbons (Fsp3) is 1.00. The molecule has 0 bridgehead atoms. The molecular formula is C7H17BrN2O3S. The molecule has 0 aromatic carbocycles. The van der Waals surface area contributed by atoms with E-state index in [-0.39, 0.29) is 4.66 Å². The lowest BCUT2D eigenvalue weighted by Gasteiger charge is -2.09. The molecule has 1 N–H and O–H groups in total. The van der Waals surface area contributed by atoms with Crippen molar-refractivity contribution in [2.75, 3.05) is 45.1 Å². The van der Waals surface area contributed by atoms with E-state index in [1.54, 1.807) is 0 Å². The van der Waals surface area contributed by atoms with Gasteiger partial charge in [0.2, 0.25) is 10.0 Å². The largest absolute Gasteiger partial charge is 0.379 e. The summed E-state index contributed by atoms with van der Waals surface area (Å²) >= 11 is 2.87. The predicted octanol–water partition coefficient (Wildman–Crippen LogP) is -0.164. The van der Waals surface area contributed by atoms with Gasteiger partial charge < -0.3 is 9.64 Å². The van der Waals surface area contributed by atoms with Gasteiger partial charge in [-0.25, -0.2) is 13.1 Å². The number of rotatable bonds is 8. The van der Waals surface area contributed by atoms with Crippen LogP contribution in [0.1, 0.15) is 0 Å². The van der Waals surface area contributed by atoms with Crippen LogP contribution in [0.4, 0.5) is 0 Å². The maximum atomic E-state index is 10.9. The average Bonchev–Trinajstić information content (AvgIpc) is 2.10. The van der Waals surface area contributed by atoms with E-state index in [1.165, 1.54) is 0 Å². The van der Waals surface area contributed by atoms with Crippen LogP contribution in [0.3, 0.4) is 0 Å². The van der Waals surface area contributed by atoms with Crippen molar-refractivity contribution in [3.8, 4) is 0 Å². The van der Waals surface area contributed by atoms with E-state index in [9.17, 15) is 8.42 Å². The van der Waals surface area contributed by atoms with E-state index in [0.717, 1.165) is 6.54 Å². The second kappa shape index (κ2) is 7.58. The summed E-state index contributed by atoms with van der Waals surface area (Å²) in [6.45, 7) is 2.18. The summed E-state index contributed by atoms with van der Waals surface area (Å²) in [4.78, 5) is 2.00. The lowest BCUT2D eigenvalue weighted by molar-refractivity contribution is 0.122. The molecule has 86 valence electrons. The summed E-state index contributed by atoms with van der Waals surface area (Å²) in [6.07, 6.45) is 0. The molecule has 0 aliphatic rings. The van der Waals surface area contributed by atoms with Crippen LogP contribution in [0, 0.1) is 0 Å². The van der Waals surface area contributed by atoms with Crippen LogP contribution in [0.25, 0.3) is 0 Å². The minimum atomic E-state index is -3.15. The van der Waals surface area contributed by atoms with Gasteiger partial charge in [-0.3, -0.25) is 0 Å². The molecule has 7 heteroatoms. The van der Waals surface area contributed by atoms with Crippen molar-refractivity contribution in [3.05, 3.63) is 0 Å². The van der Waals surface area contributed by atoms with Gasteiger partial charge in [0, 0.05) is 13.1 Å². The van der Waals surface area contributed by atoms with E-state index >= 15 is 0 Å². The molecule has 0 amide bonds. The fourth-order valence-electron chi connectivity index (χ4n) is 0.657. The lowest BCUT2D eigenvalue weighted by Crippen LogP contribution is -2.28. The van der Waals surface area contributed by atoms with Crippen LogP contribution < -0.4 is 4.72 Å². The standard InChI is InChI=1S/C7H17BrN2O3S/c1-10(2)4-6-13-5-3-9-14(11,12)7-8/h9H,3-7H2,1-2H3. The number of hydrogen-bond donors (Lipinski definition) is 1. The SMILES string of the molecule is CN(C)CCOCCNS(=O)(=O)CBr. The van der Waals surface area contributed by atoms with Gasteiger partial charge in [0.15, 0.2) is 0 Å². The summed E-state index contributed by atoms with van der Waals surface area (Å²) in [6, 6.07) is 0. The average molecular weight is 289 g/mol. The molecular weight excluding hydrogens is 272 g/mol. The fourth-order valence-corrected chi connectivity index (χ4v) is 1.61. The number of likely N-dealkylation sites (N-methyl/N-ethyl adjacent to an activating group) is 1. The van der Waals surface area contributed by atoms with Gasteiger partial charge in [-0.05, 0) is 14.1 Å². The molecule has 0 radical (unpaired) electrons. The third kappa shape index (κ3) is 8.89. The Labute approximate surface area is 94.0 Å². The van der Waals surface area contributed by atoms with E-state index in [0.29, 0.717) is 19.8 Å². The Morgan fingerprint density at radius 1 is 1.36 bits per heavy atom. The molecule has 0 aromatic rings. The maximum absolute atomic E-state index is 10.9. The van der Waals surface area contributed by atoms with Gasteiger partial charge in [-0.15, -0.1) is 0 Å². The third-order valence-corrected chi connectivity index (χ3v) is 4.13. The molecule has 0 spiro atoms. The molecule has 0 aliphatic carbocycles. The maximum Gasteiger partial charge on any atom is 0.221 e. The Hall–Kier alpha value is 0.310. The quantitative estimate of drug-likeness (QED) is 0.498. The first-order chi connectivity index (χ1) is 6.48. The highest BCUT2D eigenvalue weighted by Crippen LogP contribution is 1.89. The van der Waals surface area contributed by atoms with Crippen molar-refractivity contribution in [2.45, 2.75) is 0 Å². The van der Waals surface area contributed by atoms with Gasteiger partial charge >= 0.3 is 0 Å². The van der Waals surface area contributed by atoms with Gasteiger partial charge in [-0.1, -0.05) is 15.9 Å². The number of nitrogens with one attached hydrogen (secondary N) is 1. The van der Waals surface area contributed by atoms with Crippen LogP contribution in [-0.4, -0.2) is 58.4 Å². The Morgan fingerprint density at radius 3 is 2.50 bits per heavy atom. The molecule has 0 rings (SSSR count). The number of hydrogen-bond acceptors (Lipinski definition) is 4. The topological polar surface area (TPSA) is 58.6 Å². The van der Waals surface area contributed by atoms with Crippen LogP contribution in [0.15, 0.2) is 0 Å². The van der Waals surface area contributed by atoms with Gasteiger partial charge in [-0.2, -0.15) is 0 Å². The van der Waals surface area contributed by atoms with Crippen molar-refractivity contribution >= 4 is 26.0 Å². The summed E-state index contributed by atoms with van der Waals surface area (Å²) < 4.78 is 29.3. The number of alkyl halides is 1. The smallest absolute Gasteiger partial charge is 0.221 e. The Bertz CT molecular complexity index is 231. The molecule has 0 heterocycles. The molecule has 14 heavy (non-hydrogen) atoms. The number of ether oxygens (including phenoxy) is 1. The normalized spacial score (nSPS) is 12.3. The predicted molar refractivity (Wildman–Crippen MR) is 60.1 cm³/mol. The molecule has 0 atom stereocenters. The van der Waals surface area contributed by atoms with Crippen LogP contribution in [-0.2, 0) is 14.8 Å². The van der Waals surface area contributed by atoms with Crippen LogP contribution in [0.5, 0.6) is 0 Å². The van der Waals surface area contributed by atoms with E-state index < -0.39 is 10.0 Å². The third-order valence-electron chi connectivity index (χ3n) is 1.39. The minimum absolute atomic E-state index is 0.0717. The van der Waals surface area contributed by atoms with Crippen molar-refractivity contribution in [2.24, 2.45) is 0 Å². The zero-order valence-electron chi connectivity index (χ0n) is 8.49. The summed E-state index contributed by atoms with van der Waals surface area (Å²) in [5, 5.41) is 0.